The van der Waals surface area contributed by atoms with Crippen LogP contribution in [-0.2, 0) is 6.54 Å². The molecule has 1 aromatic carbocycles. The fourth-order valence-corrected chi connectivity index (χ4v) is 6.18. The first-order chi connectivity index (χ1) is 16.7. The molecule has 0 bridgehead atoms. The van der Waals surface area contributed by atoms with E-state index >= 15 is 0 Å². The van der Waals surface area contributed by atoms with Crippen molar-refractivity contribution in [3.8, 4) is 11.3 Å². The van der Waals surface area contributed by atoms with Crippen LogP contribution in [0.3, 0.4) is 0 Å². The number of aromatic nitrogens is 2. The fourth-order valence-electron chi connectivity index (χ4n) is 5.20. The van der Waals surface area contributed by atoms with Gasteiger partial charge >= 0.3 is 0 Å². The Labute approximate surface area is 206 Å². The first-order valence-corrected chi connectivity index (χ1v) is 13.7. The Morgan fingerprint density at radius 3 is 2.59 bits per heavy atom. The van der Waals surface area contributed by atoms with E-state index in [0.29, 0.717) is 18.0 Å². The summed E-state index contributed by atoms with van der Waals surface area (Å²) in [5.74, 6) is 2.94. The van der Waals surface area contributed by atoms with Gasteiger partial charge in [0.05, 0.1) is 17.0 Å². The number of hydrogen-bond acceptors (Lipinski definition) is 4. The van der Waals surface area contributed by atoms with E-state index in [1.165, 1.54) is 37.7 Å². The minimum atomic E-state index is -0.0887. The number of thioether (sulfide) groups is 1. The van der Waals surface area contributed by atoms with Crippen LogP contribution in [0.25, 0.3) is 16.9 Å². The minimum absolute atomic E-state index is 0.0887. The summed E-state index contributed by atoms with van der Waals surface area (Å²) < 4.78 is 2.12. The second-order valence-electron chi connectivity index (χ2n) is 9.40. The zero-order chi connectivity index (χ0) is 23.3. The van der Waals surface area contributed by atoms with Gasteiger partial charge in [-0.1, -0.05) is 49.6 Å². The molecule has 3 aromatic rings. The highest BCUT2D eigenvalue weighted by Crippen LogP contribution is 2.34. The molecule has 1 N–H and O–H groups in total. The summed E-state index contributed by atoms with van der Waals surface area (Å²) in [5, 5.41) is 2.89. The van der Waals surface area contributed by atoms with Gasteiger partial charge in [-0.05, 0) is 36.5 Å². The SMILES string of the molecule is C=CCNC(=O)c1ccc2nc(-c3ccc(C4CCCCC4)cc3)c(CN3CCSCC3)n2c1. The van der Waals surface area contributed by atoms with E-state index in [2.05, 4.69) is 45.5 Å². The molecular weight excluding hydrogens is 440 g/mol. The number of hydrogen-bond donors (Lipinski definition) is 1. The van der Waals surface area contributed by atoms with Gasteiger partial charge in [-0.3, -0.25) is 9.69 Å². The van der Waals surface area contributed by atoms with Gasteiger partial charge in [-0.25, -0.2) is 4.98 Å². The minimum Gasteiger partial charge on any atom is -0.349 e. The van der Waals surface area contributed by atoms with Gasteiger partial charge < -0.3 is 9.72 Å². The third kappa shape index (κ3) is 5.08. The third-order valence-electron chi connectivity index (χ3n) is 7.12. The van der Waals surface area contributed by atoms with Crippen LogP contribution in [0, 0.1) is 0 Å². The topological polar surface area (TPSA) is 49.6 Å². The number of benzene rings is 1. The Morgan fingerprint density at radius 1 is 1.09 bits per heavy atom. The van der Waals surface area contributed by atoms with Gasteiger partial charge in [0.1, 0.15) is 5.65 Å². The van der Waals surface area contributed by atoms with Crippen LogP contribution < -0.4 is 5.32 Å². The number of rotatable bonds is 7. The lowest BCUT2D eigenvalue weighted by molar-refractivity contribution is 0.0957. The van der Waals surface area contributed by atoms with Crippen molar-refractivity contribution in [3.05, 3.63) is 72.1 Å². The van der Waals surface area contributed by atoms with Gasteiger partial charge in [0.25, 0.3) is 5.91 Å². The molecule has 1 aliphatic carbocycles. The van der Waals surface area contributed by atoms with Crippen molar-refractivity contribution in [2.24, 2.45) is 0 Å². The molecule has 1 amide bonds. The average Bonchev–Trinajstić information content (AvgIpc) is 3.26. The highest BCUT2D eigenvalue weighted by molar-refractivity contribution is 7.99. The molecule has 6 heteroatoms. The van der Waals surface area contributed by atoms with Gasteiger partial charge in [0.15, 0.2) is 0 Å². The van der Waals surface area contributed by atoms with Crippen LogP contribution in [-0.4, -0.2) is 51.3 Å². The number of nitrogens with zero attached hydrogens (tertiary/aromatic N) is 3. The predicted molar refractivity (Wildman–Crippen MR) is 142 cm³/mol. The lowest BCUT2D eigenvalue weighted by Crippen LogP contribution is -2.32. The Balaban J connectivity index is 1.50. The van der Waals surface area contributed by atoms with Crippen LogP contribution in [0.1, 0.15) is 59.6 Å². The lowest BCUT2D eigenvalue weighted by Gasteiger charge is -2.26. The van der Waals surface area contributed by atoms with Crippen molar-refractivity contribution in [1.82, 2.24) is 19.6 Å². The van der Waals surface area contributed by atoms with Gasteiger partial charge in [0.2, 0.25) is 0 Å². The number of fused-ring (bicyclic) bond motifs is 1. The largest absolute Gasteiger partial charge is 0.349 e. The second-order valence-corrected chi connectivity index (χ2v) is 10.6. The maximum atomic E-state index is 12.6. The number of carbonyl (C=O) groups is 1. The molecule has 5 rings (SSSR count). The molecule has 1 aliphatic heterocycles. The average molecular weight is 475 g/mol. The van der Waals surface area contributed by atoms with Crippen molar-refractivity contribution in [2.75, 3.05) is 31.1 Å². The summed E-state index contributed by atoms with van der Waals surface area (Å²) in [6.45, 7) is 7.14. The van der Waals surface area contributed by atoms with Gasteiger partial charge in [0, 0.05) is 49.4 Å². The summed E-state index contributed by atoms with van der Waals surface area (Å²) in [7, 11) is 0. The van der Waals surface area contributed by atoms with E-state index in [4.69, 9.17) is 4.98 Å². The fraction of sp³-hybridized carbons (Fsp3) is 0.429. The molecule has 2 aliphatic rings. The summed E-state index contributed by atoms with van der Waals surface area (Å²) >= 11 is 2.02. The first kappa shape index (κ1) is 23.2. The van der Waals surface area contributed by atoms with Crippen LogP contribution >= 0.6 is 11.8 Å². The van der Waals surface area contributed by atoms with Crippen molar-refractivity contribution in [3.63, 3.8) is 0 Å². The number of carbonyl (C=O) groups excluding carboxylic acids is 1. The van der Waals surface area contributed by atoms with E-state index in [1.807, 2.05) is 30.1 Å². The zero-order valence-corrected chi connectivity index (χ0v) is 20.7. The molecule has 0 unspecified atom stereocenters. The molecule has 5 nitrogen and oxygen atoms in total. The Kier molecular flexibility index (Phi) is 7.36. The Bertz CT molecular complexity index is 1140. The monoisotopic (exact) mass is 474 g/mol. The summed E-state index contributed by atoms with van der Waals surface area (Å²) in [6, 6.07) is 12.9. The number of pyridine rings is 1. The number of nitrogens with one attached hydrogen (secondary N) is 1. The highest BCUT2D eigenvalue weighted by atomic mass is 32.2. The standard InChI is InChI=1S/C28H34N4OS/c1-2-14-29-28(33)24-12-13-26-30-27(25(32(26)19-24)20-31-15-17-34-18-16-31)23-10-8-22(9-11-23)21-6-4-3-5-7-21/h2,8-13,19,21H,1,3-7,14-18,20H2,(H,29,33). The molecule has 0 spiro atoms. The third-order valence-corrected chi connectivity index (χ3v) is 8.07. The second kappa shape index (κ2) is 10.8. The molecule has 2 fully saturated rings. The predicted octanol–water partition coefficient (Wildman–Crippen LogP) is 5.51. The van der Waals surface area contributed by atoms with Crippen LogP contribution in [0.4, 0.5) is 0 Å². The molecule has 2 aromatic heterocycles. The van der Waals surface area contributed by atoms with Crippen molar-refractivity contribution < 1.29 is 4.79 Å². The quantitative estimate of drug-likeness (QED) is 0.459. The Hall–Kier alpha value is -2.57. The summed E-state index contributed by atoms with van der Waals surface area (Å²) in [5.41, 5.74) is 6.32. The van der Waals surface area contributed by atoms with Gasteiger partial charge in [-0.15, -0.1) is 6.58 Å². The van der Waals surface area contributed by atoms with E-state index in [9.17, 15) is 4.79 Å². The molecule has 34 heavy (non-hydrogen) atoms. The number of amides is 1. The molecule has 3 heterocycles. The molecule has 0 radical (unpaired) electrons. The van der Waals surface area contributed by atoms with E-state index in [1.54, 1.807) is 6.08 Å². The maximum absolute atomic E-state index is 12.6. The molecule has 0 atom stereocenters. The van der Waals surface area contributed by atoms with Crippen molar-refractivity contribution in [1.29, 1.82) is 0 Å². The maximum Gasteiger partial charge on any atom is 0.253 e. The van der Waals surface area contributed by atoms with Gasteiger partial charge in [-0.2, -0.15) is 11.8 Å². The first-order valence-electron chi connectivity index (χ1n) is 12.5. The zero-order valence-electron chi connectivity index (χ0n) is 19.8. The number of imidazole rings is 1. The normalized spacial score (nSPS) is 17.6. The van der Waals surface area contributed by atoms with E-state index in [0.717, 1.165) is 53.7 Å². The van der Waals surface area contributed by atoms with Crippen LogP contribution in [0.15, 0.2) is 55.3 Å². The lowest BCUT2D eigenvalue weighted by atomic mass is 9.84. The Morgan fingerprint density at radius 2 is 1.85 bits per heavy atom. The molecule has 178 valence electrons. The molecule has 1 saturated carbocycles. The van der Waals surface area contributed by atoms with Crippen LogP contribution in [0.2, 0.25) is 0 Å². The van der Waals surface area contributed by atoms with E-state index in [-0.39, 0.29) is 5.91 Å². The van der Waals surface area contributed by atoms with Crippen molar-refractivity contribution >= 4 is 23.3 Å². The highest BCUT2D eigenvalue weighted by Gasteiger charge is 2.21. The molecular formula is C28H34N4OS. The van der Waals surface area contributed by atoms with Crippen molar-refractivity contribution in [2.45, 2.75) is 44.6 Å². The summed E-state index contributed by atoms with van der Waals surface area (Å²) in [6.07, 6.45) is 10.3. The smallest absolute Gasteiger partial charge is 0.253 e. The van der Waals surface area contributed by atoms with E-state index < -0.39 is 0 Å². The summed E-state index contributed by atoms with van der Waals surface area (Å²) in [4.78, 5) is 20.1. The molecule has 1 saturated heterocycles. The van der Waals surface area contributed by atoms with Crippen LogP contribution in [0.5, 0.6) is 0 Å².